The summed E-state index contributed by atoms with van der Waals surface area (Å²) in [4.78, 5) is 23.4. The van der Waals surface area contributed by atoms with Crippen LogP contribution in [0.2, 0.25) is 0 Å². The Morgan fingerprint density at radius 1 is 0.833 bits per heavy atom. The molecule has 3 aromatic rings. The van der Waals surface area contributed by atoms with Gasteiger partial charge < -0.3 is 10.1 Å². The van der Waals surface area contributed by atoms with Crippen molar-refractivity contribution in [1.29, 1.82) is 0 Å². The average molecular weight is 572 g/mol. The Bertz CT molecular complexity index is 1340. The lowest BCUT2D eigenvalue weighted by atomic mass is 9.74. The molecule has 1 aromatic carbocycles. The highest BCUT2D eigenvalue weighted by atomic mass is 16.5. The van der Waals surface area contributed by atoms with Gasteiger partial charge >= 0.3 is 5.69 Å². The molecule has 3 fully saturated rings. The highest BCUT2D eigenvalue weighted by molar-refractivity contribution is 5.59. The third-order valence-corrected chi connectivity index (χ3v) is 10.1. The second kappa shape index (κ2) is 14.0. The molecule has 2 aromatic heterocycles. The number of imidazole rings is 1. The van der Waals surface area contributed by atoms with Crippen LogP contribution < -0.4 is 11.0 Å². The Morgan fingerprint density at radius 3 is 2.24 bits per heavy atom. The van der Waals surface area contributed by atoms with Gasteiger partial charge in [-0.3, -0.25) is 9.13 Å². The van der Waals surface area contributed by atoms with Crippen LogP contribution in [0.25, 0.3) is 17.1 Å². The zero-order chi connectivity index (χ0) is 28.7. The van der Waals surface area contributed by atoms with Gasteiger partial charge in [-0.15, -0.1) is 0 Å². The van der Waals surface area contributed by atoms with Crippen LogP contribution in [0.15, 0.2) is 47.5 Å². The molecule has 0 amide bonds. The van der Waals surface area contributed by atoms with Crippen molar-refractivity contribution in [3.05, 3.63) is 58.8 Å². The molecule has 0 bridgehead atoms. The molecule has 0 radical (unpaired) electrons. The first-order valence-electron chi connectivity index (χ1n) is 16.7. The summed E-state index contributed by atoms with van der Waals surface area (Å²) in [6, 6.07) is 10.6. The van der Waals surface area contributed by atoms with E-state index >= 15 is 0 Å². The maximum absolute atomic E-state index is 13.8. The van der Waals surface area contributed by atoms with Crippen molar-refractivity contribution in [1.82, 2.24) is 19.1 Å². The van der Waals surface area contributed by atoms with Crippen molar-refractivity contribution in [3.63, 3.8) is 0 Å². The quantitative estimate of drug-likeness (QED) is 0.326. The zero-order valence-corrected chi connectivity index (χ0v) is 25.5. The van der Waals surface area contributed by atoms with Crippen LogP contribution >= 0.6 is 0 Å². The molecule has 1 N–H and O–H groups in total. The number of nitrogens with zero attached hydrogens (tertiary/aromatic N) is 4. The van der Waals surface area contributed by atoms with E-state index in [1.165, 1.54) is 83.5 Å². The summed E-state index contributed by atoms with van der Waals surface area (Å²) in [6.45, 7) is 3.43. The summed E-state index contributed by atoms with van der Waals surface area (Å²) in [5.74, 6) is 2.46. The molecule has 2 aliphatic carbocycles. The number of hydrogen-bond acceptors (Lipinski definition) is 5. The molecule has 1 saturated heterocycles. The molecule has 0 atom stereocenters. The Balaban J connectivity index is 1.18. The van der Waals surface area contributed by atoms with E-state index in [2.05, 4.69) is 29.4 Å². The minimum absolute atomic E-state index is 0.0190. The van der Waals surface area contributed by atoms with Crippen LogP contribution in [0.5, 0.6) is 0 Å². The number of ether oxygens (including phenoxy) is 1. The van der Waals surface area contributed by atoms with Gasteiger partial charge in [0.15, 0.2) is 0 Å². The Labute approximate surface area is 251 Å². The summed E-state index contributed by atoms with van der Waals surface area (Å²) in [6.07, 6.45) is 23.4. The number of aryl methyl sites for hydroxylation is 1. The van der Waals surface area contributed by atoms with Gasteiger partial charge in [-0.05, 0) is 81.0 Å². The van der Waals surface area contributed by atoms with Crippen molar-refractivity contribution < 1.29 is 4.74 Å². The molecule has 7 heteroatoms. The molecule has 0 unspecified atom stereocenters. The number of anilines is 1. The second-order valence-corrected chi connectivity index (χ2v) is 13.1. The van der Waals surface area contributed by atoms with Crippen molar-refractivity contribution in [2.24, 2.45) is 11.8 Å². The predicted octanol–water partition coefficient (Wildman–Crippen LogP) is 7.87. The molecule has 42 heavy (non-hydrogen) atoms. The first-order chi connectivity index (χ1) is 20.7. The lowest BCUT2D eigenvalue weighted by Gasteiger charge is -2.35. The van der Waals surface area contributed by atoms with Crippen LogP contribution in [0.1, 0.15) is 108 Å². The molecule has 3 heterocycles. The van der Waals surface area contributed by atoms with Crippen molar-refractivity contribution >= 4 is 5.95 Å². The fraction of sp³-hybridized carbons (Fsp3) is 0.629. The minimum Gasteiger partial charge on any atom is -0.381 e. The van der Waals surface area contributed by atoms with Gasteiger partial charge in [0.1, 0.15) is 0 Å². The molecule has 2 saturated carbocycles. The lowest BCUT2D eigenvalue weighted by Crippen LogP contribution is -2.30. The van der Waals surface area contributed by atoms with E-state index in [0.29, 0.717) is 25.2 Å². The number of nitrogens with one attached hydrogen (secondary N) is 1. The Morgan fingerprint density at radius 2 is 1.52 bits per heavy atom. The van der Waals surface area contributed by atoms with E-state index in [1.807, 2.05) is 39.7 Å². The monoisotopic (exact) mass is 571 g/mol. The smallest absolute Gasteiger partial charge is 0.333 e. The van der Waals surface area contributed by atoms with Crippen LogP contribution in [0, 0.1) is 18.8 Å². The third-order valence-electron chi connectivity index (χ3n) is 10.1. The van der Waals surface area contributed by atoms with E-state index < -0.39 is 0 Å². The van der Waals surface area contributed by atoms with Crippen molar-refractivity contribution in [2.45, 2.75) is 115 Å². The normalized spacial score (nSPS) is 23.5. The minimum atomic E-state index is -0.0190. The van der Waals surface area contributed by atoms with Crippen LogP contribution in [0.4, 0.5) is 5.95 Å². The van der Waals surface area contributed by atoms with Crippen LogP contribution in [0.3, 0.4) is 0 Å². The second-order valence-electron chi connectivity index (χ2n) is 13.1. The van der Waals surface area contributed by atoms with Gasteiger partial charge in [0.05, 0.1) is 17.1 Å². The topological polar surface area (TPSA) is 74.0 Å². The molecule has 1 aliphatic heterocycles. The SMILES string of the molecule is Cc1cccc(-n2c(-c3ccnc(N[C@H]4CC[C@H](C5CCCCCCCCC5)CC4)n3)cn(C3CCOCC3)c2=O)c1. The molecule has 6 rings (SSSR count). The molecule has 0 spiro atoms. The van der Waals surface area contributed by atoms with E-state index in [9.17, 15) is 4.79 Å². The highest BCUT2D eigenvalue weighted by Crippen LogP contribution is 2.37. The van der Waals surface area contributed by atoms with Crippen LogP contribution in [-0.4, -0.2) is 38.4 Å². The zero-order valence-electron chi connectivity index (χ0n) is 25.5. The van der Waals surface area contributed by atoms with Gasteiger partial charge in [-0.25, -0.2) is 14.8 Å². The van der Waals surface area contributed by atoms with Gasteiger partial charge in [-0.1, -0.05) is 69.9 Å². The van der Waals surface area contributed by atoms with Gasteiger partial charge in [0.25, 0.3) is 0 Å². The predicted molar refractivity (Wildman–Crippen MR) is 169 cm³/mol. The van der Waals surface area contributed by atoms with E-state index in [-0.39, 0.29) is 11.7 Å². The molecule has 3 aliphatic rings. The Kier molecular flexibility index (Phi) is 9.74. The fourth-order valence-electron chi connectivity index (χ4n) is 7.69. The summed E-state index contributed by atoms with van der Waals surface area (Å²) in [7, 11) is 0. The molecular formula is C35H49N5O2. The maximum atomic E-state index is 13.8. The van der Waals surface area contributed by atoms with Gasteiger partial charge in [0.2, 0.25) is 5.95 Å². The first-order valence-corrected chi connectivity index (χ1v) is 16.7. The summed E-state index contributed by atoms with van der Waals surface area (Å²) in [5, 5.41) is 3.68. The lowest BCUT2D eigenvalue weighted by molar-refractivity contribution is 0.0686. The van der Waals surface area contributed by atoms with E-state index in [4.69, 9.17) is 9.72 Å². The number of benzene rings is 1. The highest BCUT2D eigenvalue weighted by Gasteiger charge is 2.28. The van der Waals surface area contributed by atoms with E-state index in [0.717, 1.165) is 47.3 Å². The maximum Gasteiger partial charge on any atom is 0.333 e. The van der Waals surface area contributed by atoms with Crippen LogP contribution in [-0.2, 0) is 4.74 Å². The Hall–Kier alpha value is -2.93. The van der Waals surface area contributed by atoms with E-state index in [1.54, 1.807) is 0 Å². The van der Waals surface area contributed by atoms with Crippen molar-refractivity contribution in [2.75, 3.05) is 18.5 Å². The third kappa shape index (κ3) is 6.99. The first kappa shape index (κ1) is 29.2. The molecule has 7 nitrogen and oxygen atoms in total. The average Bonchev–Trinajstić information content (AvgIpc) is 3.38. The summed E-state index contributed by atoms with van der Waals surface area (Å²) >= 11 is 0. The molecular weight excluding hydrogens is 522 g/mol. The number of hydrogen-bond donors (Lipinski definition) is 1. The molecule has 226 valence electrons. The number of rotatable bonds is 6. The summed E-state index contributed by atoms with van der Waals surface area (Å²) < 4.78 is 9.30. The number of aromatic nitrogens is 4. The largest absolute Gasteiger partial charge is 0.381 e. The summed E-state index contributed by atoms with van der Waals surface area (Å²) in [5.41, 5.74) is 3.55. The fourth-order valence-corrected chi connectivity index (χ4v) is 7.69. The van der Waals surface area contributed by atoms with Crippen molar-refractivity contribution in [3.8, 4) is 17.1 Å². The standard InChI is InChI=1S/C35H49N5O2/c1-26-10-9-13-31(24-26)40-33(25-39(35(40)41)30-19-22-42-23-20-30)32-18-21-36-34(38-32)37-29-16-14-28(15-17-29)27-11-7-5-3-2-4-6-8-12-27/h9-10,13,18,21,24-25,27-30H,2-8,11-12,14-17,19-20,22-23H2,1H3,(H,36,37,38)/t28-,29-. The van der Waals surface area contributed by atoms with Gasteiger partial charge in [-0.2, -0.15) is 0 Å². The van der Waals surface area contributed by atoms with Gasteiger partial charge in [0, 0.05) is 37.7 Å².